The van der Waals surface area contributed by atoms with Crippen LogP contribution in [0.3, 0.4) is 0 Å². The van der Waals surface area contributed by atoms with Crippen molar-refractivity contribution in [1.82, 2.24) is 15.3 Å². The number of nitrogens with one attached hydrogen (secondary N) is 3. The predicted octanol–water partition coefficient (Wildman–Crippen LogP) is 2.26. The van der Waals surface area contributed by atoms with Gasteiger partial charge in [0.2, 0.25) is 5.56 Å². The monoisotopic (exact) mass is 421 g/mol. The number of aromatic amines is 1. The largest absolute Gasteiger partial charge is 0.772 e. The van der Waals surface area contributed by atoms with Crippen molar-refractivity contribution in [1.29, 1.82) is 0 Å². The minimum absolute atomic E-state index is 0.117. The van der Waals surface area contributed by atoms with Crippen molar-refractivity contribution in [3.8, 4) is 0 Å². The van der Waals surface area contributed by atoms with Gasteiger partial charge in [-0.2, -0.15) is 0 Å². The fraction of sp³-hybridized carbons (Fsp3) is 0.118. The fourth-order valence-electron chi connectivity index (χ4n) is 2.40. The van der Waals surface area contributed by atoms with E-state index in [-0.39, 0.29) is 22.9 Å². The van der Waals surface area contributed by atoms with E-state index in [4.69, 9.17) is 0 Å². The van der Waals surface area contributed by atoms with Crippen molar-refractivity contribution in [3.05, 3.63) is 81.0 Å². The number of halogens is 1. The average molecular weight is 421 g/mol. The molecule has 2 aromatic heterocycles. The molecule has 2 atom stereocenters. The second-order valence-corrected chi connectivity index (χ2v) is 7.49. The molecule has 0 aliphatic rings. The van der Waals surface area contributed by atoms with Gasteiger partial charge in [0.25, 0.3) is 0 Å². The van der Waals surface area contributed by atoms with Crippen LogP contribution in [0.2, 0.25) is 0 Å². The van der Waals surface area contributed by atoms with Crippen LogP contribution in [0, 0.1) is 5.82 Å². The molecule has 0 saturated carbocycles. The highest BCUT2D eigenvalue weighted by Gasteiger charge is 2.19. The second-order valence-electron chi connectivity index (χ2n) is 5.64. The zero-order valence-electron chi connectivity index (χ0n) is 14.2. The Balaban J connectivity index is 1.66. The van der Waals surface area contributed by atoms with E-state index in [9.17, 15) is 22.7 Å². The van der Waals surface area contributed by atoms with Gasteiger partial charge < -0.3 is 14.9 Å². The molecule has 146 valence electrons. The van der Waals surface area contributed by atoms with Crippen LogP contribution in [0.1, 0.15) is 22.1 Å². The van der Waals surface area contributed by atoms with Crippen LogP contribution < -0.4 is 16.2 Å². The van der Waals surface area contributed by atoms with Crippen LogP contribution in [0.25, 0.3) is 0 Å². The summed E-state index contributed by atoms with van der Waals surface area (Å²) in [5, 5.41) is 5.69. The minimum Gasteiger partial charge on any atom is -0.772 e. The lowest BCUT2D eigenvalue weighted by atomic mass is 10.2. The molecule has 0 radical (unpaired) electrons. The van der Waals surface area contributed by atoms with Crippen LogP contribution in [-0.4, -0.2) is 24.8 Å². The standard InChI is InChI=1S/C17H15FN4O4S2/c18-12-3-1-2-10(6-12)7-20-16(24)22-17-21-13(9-27-17)15(28(25)26)11-4-5-14(23)19-8-11/h1-6,8-9,15H,7H2,(H,19,23)(H,25,26)(H2,20,21,22,24)/p-1. The van der Waals surface area contributed by atoms with Crippen LogP contribution in [0.15, 0.2) is 52.8 Å². The van der Waals surface area contributed by atoms with Crippen LogP contribution >= 0.6 is 11.3 Å². The number of rotatable bonds is 6. The van der Waals surface area contributed by atoms with Crippen LogP contribution in [-0.2, 0) is 17.6 Å². The van der Waals surface area contributed by atoms with Gasteiger partial charge in [-0.25, -0.2) is 14.2 Å². The third-order valence-electron chi connectivity index (χ3n) is 3.66. The molecule has 0 saturated heterocycles. The van der Waals surface area contributed by atoms with Gasteiger partial charge in [0.1, 0.15) is 5.82 Å². The first-order valence-electron chi connectivity index (χ1n) is 7.94. The Morgan fingerprint density at radius 3 is 2.86 bits per heavy atom. The van der Waals surface area contributed by atoms with Gasteiger partial charge in [0, 0.05) is 24.2 Å². The molecule has 3 N–H and O–H groups in total. The topological polar surface area (TPSA) is 127 Å². The van der Waals surface area contributed by atoms with Gasteiger partial charge in [0.05, 0.1) is 10.9 Å². The van der Waals surface area contributed by atoms with E-state index in [1.165, 1.54) is 41.9 Å². The number of aromatic nitrogens is 2. The molecule has 28 heavy (non-hydrogen) atoms. The maximum absolute atomic E-state index is 13.1. The molecule has 3 aromatic rings. The quantitative estimate of drug-likeness (QED) is 0.526. The van der Waals surface area contributed by atoms with Gasteiger partial charge in [-0.15, -0.1) is 11.3 Å². The Morgan fingerprint density at radius 2 is 2.18 bits per heavy atom. The Labute approximate surface area is 165 Å². The summed E-state index contributed by atoms with van der Waals surface area (Å²) in [4.78, 5) is 29.7. The molecular formula is C17H14FN4O4S2-. The third-order valence-corrected chi connectivity index (χ3v) is 5.33. The number of carbonyl (C=O) groups excluding carboxylic acids is 1. The number of H-pyrrole nitrogens is 1. The third kappa shape index (κ3) is 5.09. The molecule has 0 spiro atoms. The molecule has 2 heterocycles. The average Bonchev–Trinajstić information content (AvgIpc) is 3.09. The zero-order valence-corrected chi connectivity index (χ0v) is 15.8. The van der Waals surface area contributed by atoms with Gasteiger partial charge in [-0.1, -0.05) is 18.2 Å². The van der Waals surface area contributed by atoms with Crippen molar-refractivity contribution >= 4 is 33.6 Å². The highest BCUT2D eigenvalue weighted by atomic mass is 32.2. The lowest BCUT2D eigenvalue weighted by Gasteiger charge is -2.17. The predicted molar refractivity (Wildman–Crippen MR) is 102 cm³/mol. The highest BCUT2D eigenvalue weighted by Crippen LogP contribution is 2.29. The minimum atomic E-state index is -2.53. The van der Waals surface area contributed by atoms with E-state index in [1.807, 2.05) is 0 Å². The number of nitrogens with zero attached hydrogens (tertiary/aromatic N) is 1. The first kappa shape index (κ1) is 19.9. The molecule has 2 amide bonds. The lowest BCUT2D eigenvalue weighted by molar-refractivity contribution is 0.251. The Bertz CT molecular complexity index is 1050. The van der Waals surface area contributed by atoms with Gasteiger partial charge in [-0.05, 0) is 34.3 Å². The summed E-state index contributed by atoms with van der Waals surface area (Å²) in [7, 11) is 0. The Morgan fingerprint density at radius 1 is 1.36 bits per heavy atom. The van der Waals surface area contributed by atoms with E-state index >= 15 is 0 Å². The van der Waals surface area contributed by atoms with Gasteiger partial charge >= 0.3 is 6.03 Å². The molecule has 11 heteroatoms. The van der Waals surface area contributed by atoms with Crippen molar-refractivity contribution in [2.45, 2.75) is 11.8 Å². The summed E-state index contributed by atoms with van der Waals surface area (Å²) in [5.74, 6) is -0.400. The van der Waals surface area contributed by atoms with Crippen molar-refractivity contribution in [3.63, 3.8) is 0 Å². The molecule has 8 nitrogen and oxygen atoms in total. The first-order valence-corrected chi connectivity index (χ1v) is 9.95. The van der Waals surface area contributed by atoms with Crippen molar-refractivity contribution in [2.24, 2.45) is 0 Å². The first-order chi connectivity index (χ1) is 13.4. The highest BCUT2D eigenvalue weighted by molar-refractivity contribution is 7.79. The van der Waals surface area contributed by atoms with Crippen LogP contribution in [0.5, 0.6) is 0 Å². The number of urea groups is 1. The number of pyridine rings is 1. The summed E-state index contributed by atoms with van der Waals surface area (Å²) in [6, 6.07) is 7.88. The van der Waals surface area contributed by atoms with Crippen molar-refractivity contribution < 1.29 is 17.9 Å². The summed E-state index contributed by atoms with van der Waals surface area (Å²) in [6.45, 7) is 0.117. The van der Waals surface area contributed by atoms with E-state index < -0.39 is 28.2 Å². The number of hydrogen-bond acceptors (Lipinski definition) is 6. The summed E-state index contributed by atoms with van der Waals surface area (Å²) >= 11 is -1.48. The Hall–Kier alpha value is -2.89. The Kier molecular flexibility index (Phi) is 6.29. The summed E-state index contributed by atoms with van der Waals surface area (Å²) < 4.78 is 36.4. The fourth-order valence-corrected chi connectivity index (χ4v) is 3.90. The van der Waals surface area contributed by atoms with Gasteiger partial charge in [0.15, 0.2) is 5.13 Å². The van der Waals surface area contributed by atoms with E-state index in [0.29, 0.717) is 11.1 Å². The van der Waals surface area contributed by atoms with Gasteiger partial charge in [-0.3, -0.25) is 14.3 Å². The van der Waals surface area contributed by atoms with Crippen molar-refractivity contribution in [2.75, 3.05) is 5.32 Å². The lowest BCUT2D eigenvalue weighted by Crippen LogP contribution is -2.28. The second kappa shape index (κ2) is 8.87. The molecular weight excluding hydrogens is 407 g/mol. The molecule has 1 aromatic carbocycles. The number of thiazole rings is 1. The number of carbonyl (C=O) groups is 1. The maximum atomic E-state index is 13.1. The molecule has 0 aliphatic heterocycles. The number of anilines is 1. The zero-order chi connectivity index (χ0) is 20.1. The normalized spacial score (nSPS) is 12.9. The van der Waals surface area contributed by atoms with E-state index in [0.717, 1.165) is 11.3 Å². The number of amides is 2. The summed E-state index contributed by atoms with van der Waals surface area (Å²) in [5.41, 5.74) is 0.802. The molecule has 0 aliphatic carbocycles. The number of hydrogen-bond donors (Lipinski definition) is 3. The maximum Gasteiger partial charge on any atom is 0.321 e. The smallest absolute Gasteiger partial charge is 0.321 e. The number of benzene rings is 1. The van der Waals surface area contributed by atoms with E-state index in [2.05, 4.69) is 20.6 Å². The van der Waals surface area contributed by atoms with E-state index in [1.54, 1.807) is 6.07 Å². The molecule has 2 unspecified atom stereocenters. The van der Waals surface area contributed by atoms with Crippen LogP contribution in [0.4, 0.5) is 14.3 Å². The molecule has 0 bridgehead atoms. The molecule has 0 fully saturated rings. The SMILES string of the molecule is O=C(NCc1cccc(F)c1)Nc1nc(C(c2ccc(=O)[nH]c2)S(=O)[O-])cs1. The summed E-state index contributed by atoms with van der Waals surface area (Å²) in [6.07, 6.45) is 1.31. The molecule has 3 rings (SSSR count).